The molecule has 1 unspecified atom stereocenters. The first kappa shape index (κ1) is 17.7. The summed E-state index contributed by atoms with van der Waals surface area (Å²) in [5.41, 5.74) is -0.0195. The Labute approximate surface area is 126 Å². The van der Waals surface area contributed by atoms with Crippen LogP contribution in [0, 0.1) is 0 Å². The van der Waals surface area contributed by atoms with Gasteiger partial charge in [0, 0.05) is 18.3 Å². The third-order valence-corrected chi connectivity index (χ3v) is 4.85. The topological polar surface area (TPSA) is 88.4 Å². The first-order chi connectivity index (χ1) is 9.72. The van der Waals surface area contributed by atoms with Crippen LogP contribution in [0.25, 0.3) is 0 Å². The van der Waals surface area contributed by atoms with Crippen LogP contribution in [-0.4, -0.2) is 30.1 Å². The molecule has 0 aliphatic rings. The maximum absolute atomic E-state index is 12.4. The number of nitrogens with one attached hydrogen (secondary N) is 1. The van der Waals surface area contributed by atoms with Gasteiger partial charge in [-0.2, -0.15) is 0 Å². The summed E-state index contributed by atoms with van der Waals surface area (Å²) in [4.78, 5) is 11.2. The van der Waals surface area contributed by atoms with E-state index in [-0.39, 0.29) is 22.7 Å². The molecule has 0 aromatic carbocycles. The first-order valence-corrected chi connectivity index (χ1v) is 8.68. The predicted molar refractivity (Wildman–Crippen MR) is 81.1 cm³/mol. The number of rotatable bonds is 8. The molecule has 6 nitrogen and oxygen atoms in total. The lowest BCUT2D eigenvalue weighted by molar-refractivity contribution is 0.0683. The van der Waals surface area contributed by atoms with Gasteiger partial charge >= 0.3 is 5.97 Å². The number of carboxylic acid groups (broad SMARTS) is 1. The number of carbonyl (C=O) groups is 1. The summed E-state index contributed by atoms with van der Waals surface area (Å²) < 4.78 is 28.8. The quantitative estimate of drug-likeness (QED) is 0.771. The van der Waals surface area contributed by atoms with E-state index in [1.165, 1.54) is 16.8 Å². The average Bonchev–Trinajstić information content (AvgIpc) is 2.84. The van der Waals surface area contributed by atoms with E-state index in [2.05, 4.69) is 4.72 Å². The van der Waals surface area contributed by atoms with E-state index in [4.69, 9.17) is 5.11 Å². The summed E-state index contributed by atoms with van der Waals surface area (Å²) in [6.07, 6.45) is 3.72. The highest BCUT2D eigenvalue weighted by Crippen LogP contribution is 2.20. The van der Waals surface area contributed by atoms with Crippen molar-refractivity contribution >= 4 is 16.0 Å². The molecule has 2 N–H and O–H groups in total. The van der Waals surface area contributed by atoms with Crippen LogP contribution in [-0.2, 0) is 10.0 Å². The van der Waals surface area contributed by atoms with Crippen LogP contribution in [0.1, 0.15) is 63.5 Å². The lowest BCUT2D eigenvalue weighted by Crippen LogP contribution is -2.34. The van der Waals surface area contributed by atoms with Crippen molar-refractivity contribution < 1.29 is 18.3 Å². The zero-order chi connectivity index (χ0) is 16.2. The van der Waals surface area contributed by atoms with Gasteiger partial charge < -0.3 is 9.67 Å². The Morgan fingerprint density at radius 1 is 1.38 bits per heavy atom. The van der Waals surface area contributed by atoms with Gasteiger partial charge in [-0.1, -0.05) is 20.3 Å². The SMILES string of the molecule is CCCC(CC)NS(=O)(=O)c1cc(C(=O)O)n(C(C)C)c1. The summed E-state index contributed by atoms with van der Waals surface area (Å²) in [7, 11) is -3.70. The van der Waals surface area contributed by atoms with Crippen molar-refractivity contribution in [3.8, 4) is 0 Å². The standard InChI is InChI=1S/C14H24N2O4S/c1-5-7-11(6-2)15-21(19,20)12-8-13(14(17)18)16(9-12)10(3)4/h8-11,15H,5-7H2,1-4H3,(H,17,18). The Bertz CT molecular complexity index is 590. The summed E-state index contributed by atoms with van der Waals surface area (Å²) in [6, 6.07) is 0.955. The summed E-state index contributed by atoms with van der Waals surface area (Å²) in [5, 5.41) is 9.17. The molecule has 0 fully saturated rings. The van der Waals surface area contributed by atoms with Gasteiger partial charge in [0.1, 0.15) is 10.6 Å². The summed E-state index contributed by atoms with van der Waals surface area (Å²) in [6.45, 7) is 7.53. The van der Waals surface area contributed by atoms with E-state index in [1.807, 2.05) is 27.7 Å². The molecular weight excluding hydrogens is 292 g/mol. The molecule has 1 aromatic rings. The fraction of sp³-hybridized carbons (Fsp3) is 0.643. The Hall–Kier alpha value is -1.34. The van der Waals surface area contributed by atoms with Crippen LogP contribution < -0.4 is 4.72 Å². The van der Waals surface area contributed by atoms with E-state index < -0.39 is 16.0 Å². The Kier molecular flexibility index (Phi) is 5.98. The Morgan fingerprint density at radius 3 is 2.38 bits per heavy atom. The number of nitrogens with zero attached hydrogens (tertiary/aromatic N) is 1. The lowest BCUT2D eigenvalue weighted by atomic mass is 10.1. The van der Waals surface area contributed by atoms with Gasteiger partial charge in [0.05, 0.1) is 0 Å². The van der Waals surface area contributed by atoms with E-state index in [9.17, 15) is 13.2 Å². The number of hydrogen-bond acceptors (Lipinski definition) is 3. The number of carboxylic acids is 1. The highest BCUT2D eigenvalue weighted by molar-refractivity contribution is 7.89. The highest BCUT2D eigenvalue weighted by Gasteiger charge is 2.24. The van der Waals surface area contributed by atoms with Gasteiger partial charge in [-0.3, -0.25) is 0 Å². The van der Waals surface area contributed by atoms with Crippen molar-refractivity contribution in [1.29, 1.82) is 0 Å². The Morgan fingerprint density at radius 2 is 2.00 bits per heavy atom. The smallest absolute Gasteiger partial charge is 0.352 e. The highest BCUT2D eigenvalue weighted by atomic mass is 32.2. The molecular formula is C14H24N2O4S. The van der Waals surface area contributed by atoms with Crippen LogP contribution in [0.15, 0.2) is 17.2 Å². The largest absolute Gasteiger partial charge is 0.477 e. The minimum Gasteiger partial charge on any atom is -0.477 e. The minimum absolute atomic E-state index is 0.00292. The number of aromatic nitrogens is 1. The van der Waals surface area contributed by atoms with Gasteiger partial charge in [-0.15, -0.1) is 0 Å². The molecule has 0 aliphatic heterocycles. The maximum Gasteiger partial charge on any atom is 0.352 e. The monoisotopic (exact) mass is 316 g/mol. The molecule has 120 valence electrons. The predicted octanol–water partition coefficient (Wildman–Crippen LogP) is 2.62. The van der Waals surface area contributed by atoms with Gasteiger partial charge in [-0.25, -0.2) is 17.9 Å². The minimum atomic E-state index is -3.70. The van der Waals surface area contributed by atoms with E-state index in [1.54, 1.807) is 0 Å². The third kappa shape index (κ3) is 4.31. The van der Waals surface area contributed by atoms with Gasteiger partial charge in [0.25, 0.3) is 0 Å². The van der Waals surface area contributed by atoms with Crippen molar-refractivity contribution in [3.63, 3.8) is 0 Å². The molecule has 1 atom stereocenters. The second-order valence-corrected chi connectivity index (χ2v) is 7.10. The van der Waals surface area contributed by atoms with Crippen molar-refractivity contribution in [1.82, 2.24) is 9.29 Å². The van der Waals surface area contributed by atoms with Crippen LogP contribution in [0.2, 0.25) is 0 Å². The molecule has 1 heterocycles. The second kappa shape index (κ2) is 7.09. The van der Waals surface area contributed by atoms with Gasteiger partial charge in [0.15, 0.2) is 0 Å². The molecule has 1 rings (SSSR count). The third-order valence-electron chi connectivity index (χ3n) is 3.36. The van der Waals surface area contributed by atoms with Gasteiger partial charge in [0.2, 0.25) is 10.0 Å². The summed E-state index contributed by atoms with van der Waals surface area (Å²) in [5.74, 6) is -1.13. The average molecular weight is 316 g/mol. The van der Waals surface area contributed by atoms with Crippen molar-refractivity contribution in [3.05, 3.63) is 18.0 Å². The molecule has 0 saturated heterocycles. The molecule has 0 saturated carbocycles. The maximum atomic E-state index is 12.4. The van der Waals surface area contributed by atoms with Crippen LogP contribution in [0.5, 0.6) is 0 Å². The fourth-order valence-electron chi connectivity index (χ4n) is 2.18. The van der Waals surface area contributed by atoms with Gasteiger partial charge in [-0.05, 0) is 32.8 Å². The van der Waals surface area contributed by atoms with E-state index in [0.717, 1.165) is 12.8 Å². The zero-order valence-electron chi connectivity index (χ0n) is 13.0. The van der Waals surface area contributed by atoms with E-state index in [0.29, 0.717) is 6.42 Å². The van der Waals surface area contributed by atoms with Crippen LogP contribution in [0.3, 0.4) is 0 Å². The van der Waals surface area contributed by atoms with Crippen molar-refractivity contribution in [2.24, 2.45) is 0 Å². The number of hydrogen-bond donors (Lipinski definition) is 2. The number of sulfonamides is 1. The molecule has 0 amide bonds. The van der Waals surface area contributed by atoms with E-state index >= 15 is 0 Å². The molecule has 0 radical (unpaired) electrons. The van der Waals surface area contributed by atoms with Crippen LogP contribution in [0.4, 0.5) is 0 Å². The zero-order valence-corrected chi connectivity index (χ0v) is 13.8. The lowest BCUT2D eigenvalue weighted by Gasteiger charge is -2.15. The molecule has 21 heavy (non-hydrogen) atoms. The van der Waals surface area contributed by atoms with Crippen molar-refractivity contribution in [2.75, 3.05) is 0 Å². The molecule has 0 spiro atoms. The molecule has 1 aromatic heterocycles. The molecule has 0 aliphatic carbocycles. The fourth-order valence-corrected chi connectivity index (χ4v) is 3.56. The second-order valence-electron chi connectivity index (χ2n) is 5.38. The normalized spacial score (nSPS) is 13.6. The molecule has 7 heteroatoms. The number of aromatic carboxylic acids is 1. The first-order valence-electron chi connectivity index (χ1n) is 7.20. The molecule has 0 bridgehead atoms. The van der Waals surface area contributed by atoms with Crippen LogP contribution >= 0.6 is 0 Å². The Balaban J connectivity index is 3.14. The summed E-state index contributed by atoms with van der Waals surface area (Å²) >= 11 is 0. The van der Waals surface area contributed by atoms with Crippen molar-refractivity contribution in [2.45, 2.75) is 63.9 Å².